The van der Waals surface area contributed by atoms with E-state index in [0.29, 0.717) is 11.5 Å². The first-order valence-corrected chi connectivity index (χ1v) is 6.54. The summed E-state index contributed by atoms with van der Waals surface area (Å²) >= 11 is 0. The zero-order valence-electron chi connectivity index (χ0n) is 11.4. The van der Waals surface area contributed by atoms with Crippen LogP contribution in [0.3, 0.4) is 0 Å². The molecule has 0 bridgehead atoms. The molecule has 0 spiro atoms. The van der Waals surface area contributed by atoms with Crippen molar-refractivity contribution in [2.75, 3.05) is 5.06 Å². The molecule has 1 aromatic heterocycles. The van der Waals surface area contributed by atoms with Crippen molar-refractivity contribution in [3.63, 3.8) is 0 Å². The maximum absolute atomic E-state index is 9.98. The third-order valence-corrected chi connectivity index (χ3v) is 3.46. The first-order chi connectivity index (χ1) is 9.65. The zero-order chi connectivity index (χ0) is 14.1. The molecule has 2 aromatic rings. The van der Waals surface area contributed by atoms with Crippen LogP contribution in [0.25, 0.3) is 5.57 Å². The van der Waals surface area contributed by atoms with Crippen molar-refractivity contribution < 1.29 is 5.21 Å². The lowest BCUT2D eigenvalue weighted by molar-refractivity contribution is 0.283. The highest BCUT2D eigenvalue weighted by molar-refractivity contribution is 5.82. The van der Waals surface area contributed by atoms with E-state index in [4.69, 9.17) is 0 Å². The number of nitrogens with zero attached hydrogens (tertiary/aromatic N) is 2. The van der Waals surface area contributed by atoms with Crippen LogP contribution >= 0.6 is 0 Å². The molecule has 0 saturated carbocycles. The van der Waals surface area contributed by atoms with E-state index in [-0.39, 0.29) is 0 Å². The number of aryl methyl sites for hydroxylation is 1. The fourth-order valence-electron chi connectivity index (χ4n) is 2.36. The number of anilines is 1. The van der Waals surface area contributed by atoms with Crippen molar-refractivity contribution in [3.05, 3.63) is 77.6 Å². The summed E-state index contributed by atoms with van der Waals surface area (Å²) < 4.78 is 0. The van der Waals surface area contributed by atoms with E-state index < -0.39 is 0 Å². The molecule has 0 unspecified atom stereocenters. The predicted molar refractivity (Wildman–Crippen MR) is 80.5 cm³/mol. The Kier molecular flexibility index (Phi) is 3.12. The molecule has 3 rings (SSSR count). The van der Waals surface area contributed by atoms with Crippen LogP contribution in [0, 0.1) is 6.92 Å². The van der Waals surface area contributed by atoms with Gasteiger partial charge in [-0.25, -0.2) is 10.0 Å². The highest BCUT2D eigenvalue weighted by Crippen LogP contribution is 2.34. The molecular weight excluding hydrogens is 248 g/mol. The number of pyridine rings is 1. The van der Waals surface area contributed by atoms with Gasteiger partial charge in [-0.1, -0.05) is 36.4 Å². The SMILES string of the molecule is C=C1C=C(Cc2ccc(C)cc2)c2cccnc2N1O. The first-order valence-electron chi connectivity index (χ1n) is 6.54. The lowest BCUT2D eigenvalue weighted by Gasteiger charge is -2.25. The van der Waals surface area contributed by atoms with Gasteiger partial charge in [-0.2, -0.15) is 0 Å². The van der Waals surface area contributed by atoms with Gasteiger partial charge in [0.1, 0.15) is 0 Å². The predicted octanol–water partition coefficient (Wildman–Crippen LogP) is 3.74. The van der Waals surface area contributed by atoms with Crippen LogP contribution in [0.5, 0.6) is 0 Å². The molecule has 1 aromatic carbocycles. The van der Waals surface area contributed by atoms with Crippen molar-refractivity contribution in [1.82, 2.24) is 4.98 Å². The molecule has 2 heterocycles. The highest BCUT2D eigenvalue weighted by Gasteiger charge is 2.21. The molecule has 0 atom stereocenters. The standard InChI is InChI=1S/C17H16N2O/c1-12-5-7-14(8-6-12)11-15-10-13(2)19(20)17-16(15)4-3-9-18-17/h3-10,20H,2,11H2,1H3. The van der Waals surface area contributed by atoms with Crippen molar-refractivity contribution in [2.45, 2.75) is 13.3 Å². The smallest absolute Gasteiger partial charge is 0.165 e. The normalized spacial score (nSPS) is 14.0. The van der Waals surface area contributed by atoms with E-state index in [9.17, 15) is 5.21 Å². The summed E-state index contributed by atoms with van der Waals surface area (Å²) in [5, 5.41) is 11.0. The summed E-state index contributed by atoms with van der Waals surface area (Å²) in [4.78, 5) is 4.23. The molecule has 100 valence electrons. The van der Waals surface area contributed by atoms with Gasteiger partial charge in [0.25, 0.3) is 0 Å². The van der Waals surface area contributed by atoms with Gasteiger partial charge in [0.05, 0.1) is 5.70 Å². The van der Waals surface area contributed by atoms with Crippen LogP contribution in [0.4, 0.5) is 5.82 Å². The number of aromatic nitrogens is 1. The van der Waals surface area contributed by atoms with Gasteiger partial charge in [-0.05, 0) is 42.7 Å². The molecule has 1 aliphatic rings. The summed E-state index contributed by atoms with van der Waals surface area (Å²) in [6.07, 6.45) is 4.37. The van der Waals surface area contributed by atoms with Crippen LogP contribution in [0.15, 0.2) is 60.9 Å². The summed E-state index contributed by atoms with van der Waals surface area (Å²) in [6, 6.07) is 12.3. The largest absolute Gasteiger partial charge is 0.282 e. The summed E-state index contributed by atoms with van der Waals surface area (Å²) in [6.45, 7) is 5.94. The maximum Gasteiger partial charge on any atom is 0.165 e. The van der Waals surface area contributed by atoms with Gasteiger partial charge in [-0.3, -0.25) is 5.21 Å². The van der Waals surface area contributed by atoms with Gasteiger partial charge in [0, 0.05) is 11.8 Å². The number of hydrogen-bond acceptors (Lipinski definition) is 3. The second-order valence-electron chi connectivity index (χ2n) is 5.01. The van der Waals surface area contributed by atoms with E-state index in [1.807, 2.05) is 18.2 Å². The number of rotatable bonds is 2. The fourth-order valence-corrected chi connectivity index (χ4v) is 2.36. The Hall–Kier alpha value is -2.39. The molecule has 3 nitrogen and oxygen atoms in total. The molecule has 20 heavy (non-hydrogen) atoms. The second-order valence-corrected chi connectivity index (χ2v) is 5.01. The monoisotopic (exact) mass is 264 g/mol. The highest BCUT2D eigenvalue weighted by atomic mass is 16.5. The molecule has 0 radical (unpaired) electrons. The van der Waals surface area contributed by atoms with Crippen LogP contribution in [-0.2, 0) is 6.42 Å². The van der Waals surface area contributed by atoms with E-state index >= 15 is 0 Å². The zero-order valence-corrected chi connectivity index (χ0v) is 11.4. The number of benzene rings is 1. The van der Waals surface area contributed by atoms with Gasteiger partial charge in [0.2, 0.25) is 0 Å². The first kappa shape index (κ1) is 12.6. The fraction of sp³-hybridized carbons (Fsp3) is 0.118. The van der Waals surface area contributed by atoms with Crippen LogP contribution < -0.4 is 5.06 Å². The molecule has 1 aliphatic heterocycles. The van der Waals surface area contributed by atoms with E-state index in [1.165, 1.54) is 11.1 Å². The minimum Gasteiger partial charge on any atom is -0.282 e. The van der Waals surface area contributed by atoms with Crippen molar-refractivity contribution in [2.24, 2.45) is 0 Å². The maximum atomic E-state index is 9.98. The Balaban J connectivity index is 1.98. The van der Waals surface area contributed by atoms with E-state index in [1.54, 1.807) is 6.20 Å². The number of hydroxylamine groups is 1. The van der Waals surface area contributed by atoms with Gasteiger partial charge in [0.15, 0.2) is 5.82 Å². The third-order valence-electron chi connectivity index (χ3n) is 3.46. The Morgan fingerprint density at radius 3 is 2.70 bits per heavy atom. The number of allylic oxidation sites excluding steroid dienone is 2. The quantitative estimate of drug-likeness (QED) is 0.897. The molecule has 0 amide bonds. The van der Waals surface area contributed by atoms with Gasteiger partial charge in [-0.15, -0.1) is 0 Å². The topological polar surface area (TPSA) is 36.4 Å². The van der Waals surface area contributed by atoms with Crippen molar-refractivity contribution in [1.29, 1.82) is 0 Å². The molecule has 3 heteroatoms. The van der Waals surface area contributed by atoms with Crippen LogP contribution in [0.1, 0.15) is 16.7 Å². The average Bonchev–Trinajstić information content (AvgIpc) is 2.47. The molecule has 0 aliphatic carbocycles. The average molecular weight is 264 g/mol. The minimum absolute atomic E-state index is 0.540. The lowest BCUT2D eigenvalue weighted by atomic mass is 9.95. The molecular formula is C17H16N2O. The second kappa shape index (κ2) is 4.94. The van der Waals surface area contributed by atoms with Gasteiger partial charge < -0.3 is 0 Å². The van der Waals surface area contributed by atoms with Crippen LogP contribution in [-0.4, -0.2) is 10.2 Å². The third kappa shape index (κ3) is 2.24. The Labute approximate surface area is 118 Å². The van der Waals surface area contributed by atoms with E-state index in [2.05, 4.69) is 42.8 Å². The number of fused-ring (bicyclic) bond motifs is 1. The lowest BCUT2D eigenvalue weighted by Crippen LogP contribution is -2.21. The Bertz CT molecular complexity index is 686. The summed E-state index contributed by atoms with van der Waals surface area (Å²) in [5.74, 6) is 0.544. The van der Waals surface area contributed by atoms with Crippen molar-refractivity contribution >= 4 is 11.4 Å². The van der Waals surface area contributed by atoms with E-state index in [0.717, 1.165) is 22.6 Å². The van der Waals surface area contributed by atoms with Crippen molar-refractivity contribution in [3.8, 4) is 0 Å². The molecule has 1 N–H and O–H groups in total. The Morgan fingerprint density at radius 2 is 1.95 bits per heavy atom. The summed E-state index contributed by atoms with van der Waals surface area (Å²) in [7, 11) is 0. The minimum atomic E-state index is 0.540. The molecule has 0 saturated heterocycles. The molecule has 0 fully saturated rings. The van der Waals surface area contributed by atoms with Crippen LogP contribution in [0.2, 0.25) is 0 Å². The number of hydrogen-bond donors (Lipinski definition) is 1. The Morgan fingerprint density at radius 1 is 1.20 bits per heavy atom. The summed E-state index contributed by atoms with van der Waals surface area (Å²) in [5.41, 5.74) is 5.09. The van der Waals surface area contributed by atoms with Gasteiger partial charge >= 0.3 is 0 Å².